The Morgan fingerprint density at radius 2 is 2.12 bits per heavy atom. The van der Waals surface area contributed by atoms with Gasteiger partial charge in [-0.05, 0) is 38.8 Å². The van der Waals surface area contributed by atoms with Crippen LogP contribution in [0.2, 0.25) is 0 Å². The van der Waals surface area contributed by atoms with E-state index in [-0.39, 0.29) is 18.4 Å². The normalized spacial score (nSPS) is 16.2. The second-order valence-corrected chi connectivity index (χ2v) is 7.35. The molecule has 0 saturated heterocycles. The number of hydrogen-bond acceptors (Lipinski definition) is 4. The molecule has 0 unspecified atom stereocenters. The van der Waals surface area contributed by atoms with E-state index in [4.69, 9.17) is 9.47 Å². The number of nitrogens with zero attached hydrogens (tertiary/aromatic N) is 1. The maximum atomic E-state index is 12.9. The topological polar surface area (TPSA) is 67.9 Å². The number of amides is 2. The molecular weight excluding hydrogens is 320 g/mol. The molecule has 6 heteroatoms. The van der Waals surface area contributed by atoms with Crippen molar-refractivity contribution in [2.75, 3.05) is 36.6 Å². The van der Waals surface area contributed by atoms with Gasteiger partial charge in [-0.15, -0.1) is 0 Å². The molecule has 0 saturated carbocycles. The first-order valence-corrected chi connectivity index (χ1v) is 8.71. The van der Waals surface area contributed by atoms with Gasteiger partial charge in [-0.3, -0.25) is 9.59 Å². The molecule has 0 radical (unpaired) electrons. The maximum absolute atomic E-state index is 12.9. The Kier molecular flexibility index (Phi) is 6.06. The smallest absolute Gasteiger partial charge is 0.250 e. The molecule has 138 valence electrons. The zero-order valence-electron chi connectivity index (χ0n) is 15.7. The first kappa shape index (κ1) is 19.2. The molecule has 0 bridgehead atoms. The number of nitrogens with one attached hydrogen (secondary N) is 1. The number of carbonyl (C=O) groups is 2. The lowest BCUT2D eigenvalue weighted by atomic mass is 9.92. The van der Waals surface area contributed by atoms with Crippen LogP contribution in [-0.2, 0) is 14.3 Å². The number of hydrogen-bond donors (Lipinski definition) is 1. The van der Waals surface area contributed by atoms with Crippen molar-refractivity contribution in [3.05, 3.63) is 18.2 Å². The van der Waals surface area contributed by atoms with E-state index >= 15 is 0 Å². The number of ether oxygens (including phenoxy) is 2. The summed E-state index contributed by atoms with van der Waals surface area (Å²) in [7, 11) is 0. The van der Waals surface area contributed by atoms with Crippen molar-refractivity contribution >= 4 is 23.2 Å². The number of carbonyl (C=O) groups excluding carboxylic acids is 2. The molecule has 0 atom stereocenters. The van der Waals surface area contributed by atoms with Crippen LogP contribution in [0.25, 0.3) is 0 Å². The minimum Gasteiger partial charge on any atom is -0.490 e. The van der Waals surface area contributed by atoms with E-state index < -0.39 is 5.41 Å². The highest BCUT2D eigenvalue weighted by molar-refractivity contribution is 6.00. The van der Waals surface area contributed by atoms with E-state index in [2.05, 4.69) is 19.2 Å². The van der Waals surface area contributed by atoms with Crippen LogP contribution in [0, 0.1) is 11.3 Å². The maximum Gasteiger partial charge on any atom is 0.250 e. The summed E-state index contributed by atoms with van der Waals surface area (Å²) in [5, 5.41) is 2.79. The van der Waals surface area contributed by atoms with Crippen molar-refractivity contribution in [1.82, 2.24) is 0 Å². The average molecular weight is 348 g/mol. The first-order valence-electron chi connectivity index (χ1n) is 8.71. The zero-order chi connectivity index (χ0) is 18.6. The molecule has 1 heterocycles. The van der Waals surface area contributed by atoms with Gasteiger partial charge in [-0.25, -0.2) is 0 Å². The SMILES string of the molecule is CCOCC(=O)Nc1ccc2c(c1)OCC(C)(C)C(=O)N2CC(C)C. The van der Waals surface area contributed by atoms with E-state index in [0.717, 1.165) is 5.69 Å². The Labute approximate surface area is 149 Å². The number of benzene rings is 1. The number of rotatable bonds is 6. The molecule has 0 spiro atoms. The lowest BCUT2D eigenvalue weighted by Crippen LogP contribution is -2.43. The van der Waals surface area contributed by atoms with E-state index in [0.29, 0.717) is 37.1 Å². The average Bonchev–Trinajstić information content (AvgIpc) is 2.63. The monoisotopic (exact) mass is 348 g/mol. The summed E-state index contributed by atoms with van der Waals surface area (Å²) in [6.07, 6.45) is 0. The zero-order valence-corrected chi connectivity index (χ0v) is 15.7. The molecule has 1 N–H and O–H groups in total. The number of anilines is 2. The molecule has 1 aliphatic rings. The van der Waals surface area contributed by atoms with E-state index in [9.17, 15) is 9.59 Å². The van der Waals surface area contributed by atoms with Gasteiger partial charge < -0.3 is 19.7 Å². The van der Waals surface area contributed by atoms with Crippen LogP contribution in [0.1, 0.15) is 34.6 Å². The van der Waals surface area contributed by atoms with Gasteiger partial charge in [0.15, 0.2) is 0 Å². The van der Waals surface area contributed by atoms with E-state index in [1.165, 1.54) is 0 Å². The van der Waals surface area contributed by atoms with Gasteiger partial charge in [0.05, 0.1) is 11.1 Å². The van der Waals surface area contributed by atoms with Crippen molar-refractivity contribution in [3.8, 4) is 5.75 Å². The van der Waals surface area contributed by atoms with Gasteiger partial charge in [0.1, 0.15) is 19.0 Å². The largest absolute Gasteiger partial charge is 0.490 e. The summed E-state index contributed by atoms with van der Waals surface area (Å²) in [6.45, 7) is 11.2. The third-order valence-corrected chi connectivity index (χ3v) is 3.93. The van der Waals surface area contributed by atoms with Crippen molar-refractivity contribution < 1.29 is 19.1 Å². The second kappa shape index (κ2) is 7.87. The third-order valence-electron chi connectivity index (χ3n) is 3.93. The fourth-order valence-corrected chi connectivity index (χ4v) is 2.66. The predicted molar refractivity (Wildman–Crippen MR) is 98.0 cm³/mol. The molecule has 6 nitrogen and oxygen atoms in total. The molecule has 0 aromatic heterocycles. The third kappa shape index (κ3) is 4.72. The highest BCUT2D eigenvalue weighted by Gasteiger charge is 2.38. The summed E-state index contributed by atoms with van der Waals surface area (Å²) in [5.74, 6) is 0.768. The Bertz CT molecular complexity index is 640. The fourth-order valence-electron chi connectivity index (χ4n) is 2.66. The highest BCUT2D eigenvalue weighted by Crippen LogP contribution is 2.38. The summed E-state index contributed by atoms with van der Waals surface area (Å²) in [6, 6.07) is 5.37. The molecule has 2 rings (SSSR count). The molecule has 1 aromatic carbocycles. The molecular formula is C19H28N2O4. The summed E-state index contributed by atoms with van der Waals surface area (Å²) in [5.41, 5.74) is 0.763. The van der Waals surface area contributed by atoms with E-state index in [1.807, 2.05) is 26.8 Å². The minimum atomic E-state index is -0.605. The van der Waals surface area contributed by atoms with Crippen molar-refractivity contribution in [2.24, 2.45) is 11.3 Å². The van der Waals surface area contributed by atoms with Gasteiger partial charge >= 0.3 is 0 Å². The molecule has 0 fully saturated rings. The van der Waals surface area contributed by atoms with Crippen molar-refractivity contribution in [1.29, 1.82) is 0 Å². The number of fused-ring (bicyclic) bond motifs is 1. The van der Waals surface area contributed by atoms with Crippen LogP contribution in [0.15, 0.2) is 18.2 Å². The van der Waals surface area contributed by atoms with Crippen LogP contribution in [0.5, 0.6) is 5.75 Å². The Morgan fingerprint density at radius 3 is 2.76 bits per heavy atom. The lowest BCUT2D eigenvalue weighted by molar-refractivity contribution is -0.127. The fraction of sp³-hybridized carbons (Fsp3) is 0.579. The van der Waals surface area contributed by atoms with Crippen molar-refractivity contribution in [2.45, 2.75) is 34.6 Å². The van der Waals surface area contributed by atoms with Crippen molar-refractivity contribution in [3.63, 3.8) is 0 Å². The Morgan fingerprint density at radius 1 is 1.40 bits per heavy atom. The highest BCUT2D eigenvalue weighted by atomic mass is 16.5. The summed E-state index contributed by atoms with van der Waals surface area (Å²) in [4.78, 5) is 26.5. The Hall–Kier alpha value is -2.08. The standard InChI is InChI=1S/C19H28N2O4/c1-6-24-11-17(22)20-14-7-8-15-16(9-14)25-12-19(4,5)18(23)21(15)10-13(2)3/h7-9,13H,6,10-12H2,1-5H3,(H,20,22). The van der Waals surface area contributed by atoms with Gasteiger partial charge in [-0.2, -0.15) is 0 Å². The van der Waals surface area contributed by atoms with Gasteiger partial charge in [0.2, 0.25) is 11.8 Å². The van der Waals surface area contributed by atoms with Crippen LogP contribution < -0.4 is 15.0 Å². The summed E-state index contributed by atoms with van der Waals surface area (Å²) >= 11 is 0. The van der Waals surface area contributed by atoms with Gasteiger partial charge in [-0.1, -0.05) is 13.8 Å². The molecule has 1 aliphatic heterocycles. The molecule has 2 amide bonds. The molecule has 1 aromatic rings. The Balaban J connectivity index is 2.29. The lowest BCUT2D eigenvalue weighted by Gasteiger charge is -2.29. The van der Waals surface area contributed by atoms with Gasteiger partial charge in [0, 0.05) is 24.9 Å². The van der Waals surface area contributed by atoms with Crippen LogP contribution in [-0.4, -0.2) is 38.2 Å². The van der Waals surface area contributed by atoms with Gasteiger partial charge in [0.25, 0.3) is 0 Å². The van der Waals surface area contributed by atoms with Crippen LogP contribution in [0.4, 0.5) is 11.4 Å². The molecule has 0 aliphatic carbocycles. The second-order valence-electron chi connectivity index (χ2n) is 7.35. The van der Waals surface area contributed by atoms with Crippen LogP contribution >= 0.6 is 0 Å². The first-order chi connectivity index (χ1) is 11.7. The minimum absolute atomic E-state index is 0.0133. The summed E-state index contributed by atoms with van der Waals surface area (Å²) < 4.78 is 11.0. The van der Waals surface area contributed by atoms with E-state index in [1.54, 1.807) is 17.0 Å². The molecule has 25 heavy (non-hydrogen) atoms. The quantitative estimate of drug-likeness (QED) is 0.858. The van der Waals surface area contributed by atoms with Crippen LogP contribution in [0.3, 0.4) is 0 Å². The predicted octanol–water partition coefficient (Wildman–Crippen LogP) is 3.07.